The van der Waals surface area contributed by atoms with Crippen molar-refractivity contribution in [3.05, 3.63) is 39.6 Å². The van der Waals surface area contributed by atoms with E-state index in [9.17, 15) is 4.79 Å². The van der Waals surface area contributed by atoms with E-state index in [1.54, 1.807) is 17.4 Å². The summed E-state index contributed by atoms with van der Waals surface area (Å²) in [5, 5.41) is 2.94. The number of rotatable bonds is 2. The average Bonchev–Trinajstić information content (AvgIpc) is 3.12. The number of aryl methyl sites for hydroxylation is 1. The van der Waals surface area contributed by atoms with Crippen molar-refractivity contribution < 1.29 is 14.3 Å². The highest BCUT2D eigenvalue weighted by Gasteiger charge is 2.21. The van der Waals surface area contributed by atoms with Crippen LogP contribution >= 0.6 is 11.3 Å². The van der Waals surface area contributed by atoms with Crippen LogP contribution in [0.25, 0.3) is 0 Å². The van der Waals surface area contributed by atoms with Crippen molar-refractivity contribution in [3.63, 3.8) is 0 Å². The molecule has 4 nitrogen and oxygen atoms in total. The molecular weight excluding hydrogens is 298 g/mol. The fraction of sp³-hybridized carbons (Fsp3) is 0.353. The van der Waals surface area contributed by atoms with Crippen LogP contribution in [-0.4, -0.2) is 12.7 Å². The lowest BCUT2D eigenvalue weighted by molar-refractivity contribution is 0.103. The molecule has 1 aromatic carbocycles. The van der Waals surface area contributed by atoms with Crippen LogP contribution < -0.4 is 14.8 Å². The van der Waals surface area contributed by atoms with Gasteiger partial charge in [-0.15, -0.1) is 11.3 Å². The Labute approximate surface area is 133 Å². The van der Waals surface area contributed by atoms with Crippen molar-refractivity contribution >= 4 is 22.9 Å². The van der Waals surface area contributed by atoms with Gasteiger partial charge in [0.15, 0.2) is 11.5 Å². The summed E-state index contributed by atoms with van der Waals surface area (Å²) in [5.74, 6) is 2.06. The first-order valence-corrected chi connectivity index (χ1v) is 8.33. The molecule has 2 heterocycles. The molecule has 0 spiro atoms. The summed E-state index contributed by atoms with van der Waals surface area (Å²) in [6.45, 7) is 2.51. The number of thiophene rings is 1. The van der Waals surface area contributed by atoms with Crippen LogP contribution in [0.15, 0.2) is 24.3 Å². The second kappa shape index (κ2) is 5.32. The summed E-state index contributed by atoms with van der Waals surface area (Å²) in [6, 6.07) is 7.51. The Balaban J connectivity index is 1.53. The lowest BCUT2D eigenvalue weighted by atomic mass is 9.90. The third-order valence-corrected chi connectivity index (χ3v) is 5.42. The first kappa shape index (κ1) is 13.6. The number of anilines is 1. The Kier molecular flexibility index (Phi) is 3.30. The lowest BCUT2D eigenvalue weighted by Crippen LogP contribution is -2.10. The van der Waals surface area contributed by atoms with Gasteiger partial charge in [0.05, 0.1) is 4.88 Å². The Morgan fingerprint density at radius 3 is 3.05 bits per heavy atom. The van der Waals surface area contributed by atoms with Crippen LogP contribution in [0.1, 0.15) is 33.5 Å². The van der Waals surface area contributed by atoms with Gasteiger partial charge in [0.1, 0.15) is 0 Å². The molecule has 1 aromatic heterocycles. The van der Waals surface area contributed by atoms with Crippen molar-refractivity contribution in [2.45, 2.75) is 26.2 Å². The molecule has 0 fully saturated rings. The number of ether oxygens (including phenoxy) is 2. The van der Waals surface area contributed by atoms with Crippen LogP contribution in [0.5, 0.6) is 11.5 Å². The van der Waals surface area contributed by atoms with E-state index < -0.39 is 0 Å². The molecule has 0 unspecified atom stereocenters. The number of fused-ring (bicyclic) bond motifs is 2. The highest BCUT2D eigenvalue weighted by molar-refractivity contribution is 7.14. The maximum atomic E-state index is 12.4. The van der Waals surface area contributed by atoms with E-state index in [1.165, 1.54) is 16.9 Å². The number of carbonyl (C=O) groups excluding carboxylic acids is 1. The van der Waals surface area contributed by atoms with E-state index in [-0.39, 0.29) is 12.7 Å². The van der Waals surface area contributed by atoms with Crippen molar-refractivity contribution in [1.82, 2.24) is 0 Å². The molecule has 1 aliphatic heterocycles. The van der Waals surface area contributed by atoms with E-state index in [0.29, 0.717) is 11.7 Å². The fourth-order valence-electron chi connectivity index (χ4n) is 2.98. The van der Waals surface area contributed by atoms with E-state index >= 15 is 0 Å². The van der Waals surface area contributed by atoms with Crippen LogP contribution in [0.3, 0.4) is 0 Å². The molecule has 0 saturated carbocycles. The highest BCUT2D eigenvalue weighted by Crippen LogP contribution is 2.35. The quantitative estimate of drug-likeness (QED) is 0.915. The van der Waals surface area contributed by atoms with Crippen LogP contribution in [0.2, 0.25) is 0 Å². The number of hydrogen-bond acceptors (Lipinski definition) is 4. The fourth-order valence-corrected chi connectivity index (χ4v) is 4.09. The minimum absolute atomic E-state index is 0.0501. The van der Waals surface area contributed by atoms with Crippen LogP contribution in [0, 0.1) is 5.92 Å². The summed E-state index contributed by atoms with van der Waals surface area (Å²) in [5.41, 5.74) is 2.08. The largest absolute Gasteiger partial charge is 0.454 e. The molecule has 4 rings (SSSR count). The minimum atomic E-state index is -0.0501. The SMILES string of the molecule is C[C@@H]1CCc2sc(C(=O)Nc3ccc4c(c3)OCO4)cc2C1. The van der Waals surface area contributed by atoms with Gasteiger partial charge in [0.2, 0.25) is 6.79 Å². The highest BCUT2D eigenvalue weighted by atomic mass is 32.1. The normalized spacial score (nSPS) is 18.9. The van der Waals surface area contributed by atoms with Gasteiger partial charge in [0, 0.05) is 16.6 Å². The zero-order valence-corrected chi connectivity index (χ0v) is 13.2. The van der Waals surface area contributed by atoms with E-state index in [0.717, 1.165) is 29.2 Å². The predicted molar refractivity (Wildman–Crippen MR) is 86.0 cm³/mol. The number of carbonyl (C=O) groups is 1. The molecule has 1 atom stereocenters. The number of benzene rings is 1. The summed E-state index contributed by atoms with van der Waals surface area (Å²) >= 11 is 1.62. The topological polar surface area (TPSA) is 47.6 Å². The monoisotopic (exact) mass is 315 g/mol. The van der Waals surface area contributed by atoms with Crippen molar-refractivity contribution in [3.8, 4) is 11.5 Å². The van der Waals surface area contributed by atoms with E-state index in [1.807, 2.05) is 12.1 Å². The second-order valence-corrected chi connectivity index (χ2v) is 7.07. The van der Waals surface area contributed by atoms with Gasteiger partial charge in [-0.3, -0.25) is 4.79 Å². The van der Waals surface area contributed by atoms with Gasteiger partial charge in [-0.25, -0.2) is 0 Å². The molecule has 22 heavy (non-hydrogen) atoms. The van der Waals surface area contributed by atoms with Gasteiger partial charge >= 0.3 is 0 Å². The van der Waals surface area contributed by atoms with Gasteiger partial charge in [-0.2, -0.15) is 0 Å². The zero-order chi connectivity index (χ0) is 15.1. The van der Waals surface area contributed by atoms with Crippen molar-refractivity contribution in [2.75, 3.05) is 12.1 Å². The Hall–Kier alpha value is -2.01. The van der Waals surface area contributed by atoms with Gasteiger partial charge in [0.25, 0.3) is 5.91 Å². The molecular formula is C17H17NO3S. The second-order valence-electron chi connectivity index (χ2n) is 5.93. The third-order valence-electron chi connectivity index (χ3n) is 4.18. The van der Waals surface area contributed by atoms with E-state index in [4.69, 9.17) is 9.47 Å². The van der Waals surface area contributed by atoms with Gasteiger partial charge in [-0.1, -0.05) is 6.92 Å². The Bertz CT molecular complexity index is 738. The molecule has 2 aromatic rings. The molecule has 1 aliphatic carbocycles. The number of hydrogen-bond donors (Lipinski definition) is 1. The lowest BCUT2D eigenvalue weighted by Gasteiger charge is -2.16. The average molecular weight is 315 g/mol. The Morgan fingerprint density at radius 1 is 1.27 bits per heavy atom. The molecule has 0 bridgehead atoms. The maximum Gasteiger partial charge on any atom is 0.265 e. The molecule has 2 aliphatic rings. The first-order valence-electron chi connectivity index (χ1n) is 7.51. The first-order chi connectivity index (χ1) is 10.7. The van der Waals surface area contributed by atoms with Gasteiger partial charge < -0.3 is 14.8 Å². The van der Waals surface area contributed by atoms with Gasteiger partial charge in [-0.05, 0) is 48.9 Å². The number of amides is 1. The summed E-state index contributed by atoms with van der Waals surface area (Å²) in [4.78, 5) is 14.6. The smallest absolute Gasteiger partial charge is 0.265 e. The molecule has 1 N–H and O–H groups in total. The van der Waals surface area contributed by atoms with E-state index in [2.05, 4.69) is 18.3 Å². The minimum Gasteiger partial charge on any atom is -0.454 e. The number of nitrogens with one attached hydrogen (secondary N) is 1. The molecule has 0 radical (unpaired) electrons. The standard InChI is InChI=1S/C17H17NO3S/c1-10-2-5-15-11(6-10)7-16(22-15)17(19)18-12-3-4-13-14(8-12)21-9-20-13/h3-4,7-8,10H,2,5-6,9H2,1H3,(H,18,19)/t10-/m1/s1. The summed E-state index contributed by atoms with van der Waals surface area (Å²) < 4.78 is 10.6. The van der Waals surface area contributed by atoms with Crippen molar-refractivity contribution in [2.24, 2.45) is 5.92 Å². The predicted octanol–water partition coefficient (Wildman–Crippen LogP) is 3.85. The Morgan fingerprint density at radius 2 is 2.14 bits per heavy atom. The summed E-state index contributed by atoms with van der Waals surface area (Å²) in [7, 11) is 0. The molecule has 1 amide bonds. The van der Waals surface area contributed by atoms with Crippen LogP contribution in [-0.2, 0) is 12.8 Å². The maximum absolute atomic E-state index is 12.4. The molecule has 5 heteroatoms. The zero-order valence-electron chi connectivity index (χ0n) is 12.3. The molecule has 0 saturated heterocycles. The molecule has 114 valence electrons. The summed E-state index contributed by atoms with van der Waals surface area (Å²) in [6.07, 6.45) is 3.40. The van der Waals surface area contributed by atoms with Crippen LogP contribution in [0.4, 0.5) is 5.69 Å². The van der Waals surface area contributed by atoms with Crippen molar-refractivity contribution in [1.29, 1.82) is 0 Å². The third kappa shape index (κ3) is 2.46.